The maximum atomic E-state index is 6.72. The van der Waals surface area contributed by atoms with E-state index in [0.717, 1.165) is 39.5 Å². The molecule has 0 saturated heterocycles. The molecule has 36 heavy (non-hydrogen) atoms. The summed E-state index contributed by atoms with van der Waals surface area (Å²) >= 11 is 0. The monoisotopic (exact) mass is 482 g/mol. The van der Waals surface area contributed by atoms with Crippen LogP contribution in [0.3, 0.4) is 0 Å². The van der Waals surface area contributed by atoms with Gasteiger partial charge in [0, 0.05) is 16.7 Å². The minimum Gasteiger partial charge on any atom is -0.493 e. The molecule has 2 aliphatic rings. The number of aromatic nitrogens is 3. The van der Waals surface area contributed by atoms with Crippen LogP contribution in [0.4, 0.5) is 5.95 Å². The lowest BCUT2D eigenvalue weighted by Gasteiger charge is -2.39. The van der Waals surface area contributed by atoms with Crippen LogP contribution < -0.4 is 24.3 Å². The zero-order chi connectivity index (χ0) is 24.6. The van der Waals surface area contributed by atoms with Gasteiger partial charge in [0.1, 0.15) is 23.9 Å². The Morgan fingerprint density at radius 2 is 1.75 bits per heavy atom. The van der Waals surface area contributed by atoms with E-state index in [1.54, 1.807) is 20.5 Å². The van der Waals surface area contributed by atoms with Crippen molar-refractivity contribution in [1.82, 2.24) is 14.8 Å². The van der Waals surface area contributed by atoms with Crippen LogP contribution in [0.25, 0.3) is 5.70 Å². The van der Waals surface area contributed by atoms with Crippen molar-refractivity contribution in [3.05, 3.63) is 95.3 Å². The lowest BCUT2D eigenvalue weighted by molar-refractivity contribution is 0.215. The molecule has 3 heterocycles. The van der Waals surface area contributed by atoms with Gasteiger partial charge >= 0.3 is 0 Å². The normalized spacial score (nSPS) is 17.8. The topological polar surface area (TPSA) is 79.7 Å². The first-order valence-corrected chi connectivity index (χ1v) is 11.8. The van der Waals surface area contributed by atoms with Crippen molar-refractivity contribution in [2.24, 2.45) is 0 Å². The molecule has 0 bridgehead atoms. The largest absolute Gasteiger partial charge is 0.493 e. The fourth-order valence-electron chi connectivity index (χ4n) is 5.00. The molecule has 6 rings (SSSR count). The molecule has 2 aliphatic heterocycles. The molecule has 8 nitrogen and oxygen atoms in total. The SMILES string of the molecule is CCOc1ccccc1[C@@H]1Oc2ccccc2C2=C1[C@@H](c1ccc(OC)c(OC)c1)n1ncnc1N2. The first-order valence-electron chi connectivity index (χ1n) is 11.8. The van der Waals surface area contributed by atoms with E-state index in [4.69, 9.17) is 18.9 Å². The van der Waals surface area contributed by atoms with Crippen LogP contribution in [-0.2, 0) is 0 Å². The Morgan fingerprint density at radius 1 is 0.944 bits per heavy atom. The molecule has 8 heteroatoms. The van der Waals surface area contributed by atoms with Crippen LogP contribution in [0.5, 0.6) is 23.0 Å². The van der Waals surface area contributed by atoms with Gasteiger partial charge in [0.25, 0.3) is 0 Å². The molecule has 0 amide bonds. The van der Waals surface area contributed by atoms with E-state index >= 15 is 0 Å². The van der Waals surface area contributed by atoms with Gasteiger partial charge in [-0.2, -0.15) is 10.1 Å². The summed E-state index contributed by atoms with van der Waals surface area (Å²) < 4.78 is 25.8. The summed E-state index contributed by atoms with van der Waals surface area (Å²) in [6.07, 6.45) is 1.13. The minimum atomic E-state index is -0.430. The summed E-state index contributed by atoms with van der Waals surface area (Å²) in [5.41, 5.74) is 4.84. The first-order chi connectivity index (χ1) is 17.7. The summed E-state index contributed by atoms with van der Waals surface area (Å²) in [7, 11) is 3.27. The van der Waals surface area contributed by atoms with Gasteiger partial charge < -0.3 is 24.3 Å². The standard InChI is InChI=1S/C28H26N4O4/c1-4-35-20-11-7-6-10-19(20)27-24-25(18-9-5-8-12-21(18)36-27)31-28-29-16-30-32(28)26(24)17-13-14-22(33-2)23(15-17)34-3/h5-16,26-27H,4H2,1-3H3,(H,29,30,31)/t26-,27+/m1/s1. The van der Waals surface area contributed by atoms with Crippen LogP contribution >= 0.6 is 0 Å². The molecule has 182 valence electrons. The van der Waals surface area contributed by atoms with E-state index in [1.165, 1.54) is 0 Å². The lowest BCUT2D eigenvalue weighted by atomic mass is 9.84. The van der Waals surface area contributed by atoms with E-state index in [2.05, 4.69) is 27.5 Å². The summed E-state index contributed by atoms with van der Waals surface area (Å²) in [5.74, 6) is 3.53. The minimum absolute atomic E-state index is 0.313. The third-order valence-electron chi connectivity index (χ3n) is 6.55. The summed E-state index contributed by atoms with van der Waals surface area (Å²) in [5, 5.41) is 8.13. The van der Waals surface area contributed by atoms with E-state index in [9.17, 15) is 0 Å². The average Bonchev–Trinajstić information content (AvgIpc) is 3.40. The van der Waals surface area contributed by atoms with Crippen molar-refractivity contribution in [3.63, 3.8) is 0 Å². The fourth-order valence-corrected chi connectivity index (χ4v) is 5.00. The quantitative estimate of drug-likeness (QED) is 0.402. The van der Waals surface area contributed by atoms with E-state index in [0.29, 0.717) is 24.1 Å². The van der Waals surface area contributed by atoms with E-state index < -0.39 is 6.10 Å². The second-order valence-corrected chi connectivity index (χ2v) is 8.47. The predicted octanol–water partition coefficient (Wildman–Crippen LogP) is 5.25. The fraction of sp³-hybridized carbons (Fsp3) is 0.214. The Kier molecular flexibility index (Phi) is 5.48. The van der Waals surface area contributed by atoms with Crippen LogP contribution in [-0.4, -0.2) is 35.6 Å². The molecule has 1 N–H and O–H groups in total. The molecule has 0 fully saturated rings. The highest BCUT2D eigenvalue weighted by Gasteiger charge is 2.42. The van der Waals surface area contributed by atoms with Crippen molar-refractivity contribution in [2.75, 3.05) is 26.1 Å². The van der Waals surface area contributed by atoms with Gasteiger partial charge in [0.05, 0.1) is 26.5 Å². The number of hydrogen-bond acceptors (Lipinski definition) is 7. The predicted molar refractivity (Wildman–Crippen MR) is 136 cm³/mol. The number of nitrogens with zero attached hydrogens (tertiary/aromatic N) is 3. The van der Waals surface area contributed by atoms with E-state index in [-0.39, 0.29) is 6.04 Å². The average molecular weight is 483 g/mol. The lowest BCUT2D eigenvalue weighted by Crippen LogP contribution is -2.32. The molecular formula is C28H26N4O4. The Bertz CT molecular complexity index is 1460. The Morgan fingerprint density at radius 3 is 2.58 bits per heavy atom. The van der Waals surface area contributed by atoms with Gasteiger partial charge in [0.2, 0.25) is 5.95 Å². The van der Waals surface area contributed by atoms with Crippen molar-refractivity contribution in [3.8, 4) is 23.0 Å². The number of benzene rings is 3. The van der Waals surface area contributed by atoms with Gasteiger partial charge in [-0.1, -0.05) is 36.4 Å². The van der Waals surface area contributed by atoms with Gasteiger partial charge in [-0.3, -0.25) is 0 Å². The second-order valence-electron chi connectivity index (χ2n) is 8.47. The molecule has 4 aromatic rings. The zero-order valence-electron chi connectivity index (χ0n) is 20.3. The number of methoxy groups -OCH3 is 2. The highest BCUT2D eigenvalue weighted by atomic mass is 16.5. The van der Waals surface area contributed by atoms with Crippen LogP contribution in [0.2, 0.25) is 0 Å². The number of hydrogen-bond donors (Lipinski definition) is 1. The van der Waals surface area contributed by atoms with Crippen LogP contribution in [0.1, 0.15) is 35.8 Å². The molecule has 0 unspecified atom stereocenters. The third kappa shape index (κ3) is 3.45. The number of nitrogens with one attached hydrogen (secondary N) is 1. The maximum absolute atomic E-state index is 6.72. The van der Waals surface area contributed by atoms with Crippen molar-refractivity contribution < 1.29 is 18.9 Å². The Labute approximate surface area is 209 Å². The molecule has 1 aromatic heterocycles. The van der Waals surface area contributed by atoms with Crippen LogP contribution in [0.15, 0.2) is 78.6 Å². The number of para-hydroxylation sites is 2. The van der Waals surface area contributed by atoms with E-state index in [1.807, 2.05) is 66.2 Å². The van der Waals surface area contributed by atoms with Crippen molar-refractivity contribution >= 4 is 11.6 Å². The second kappa shape index (κ2) is 8.96. The summed E-state index contributed by atoms with van der Waals surface area (Å²) in [4.78, 5) is 4.50. The van der Waals surface area contributed by atoms with Crippen molar-refractivity contribution in [2.45, 2.75) is 19.1 Å². The first kappa shape index (κ1) is 22.0. The highest BCUT2D eigenvalue weighted by Crippen LogP contribution is 2.52. The number of anilines is 1. The van der Waals surface area contributed by atoms with Crippen LogP contribution in [0, 0.1) is 0 Å². The highest BCUT2D eigenvalue weighted by molar-refractivity contribution is 5.85. The summed E-state index contributed by atoms with van der Waals surface area (Å²) in [6.45, 7) is 2.53. The molecule has 0 spiro atoms. The molecule has 0 aliphatic carbocycles. The molecule has 3 aromatic carbocycles. The summed E-state index contributed by atoms with van der Waals surface area (Å²) in [6, 6.07) is 21.6. The molecule has 0 radical (unpaired) electrons. The Balaban J connectivity index is 1.62. The van der Waals surface area contributed by atoms with Gasteiger partial charge in [-0.05, 0) is 42.8 Å². The molecular weight excluding hydrogens is 456 g/mol. The zero-order valence-corrected chi connectivity index (χ0v) is 20.3. The molecule has 0 saturated carbocycles. The molecule has 2 atom stereocenters. The Hall–Kier alpha value is -4.46. The third-order valence-corrected chi connectivity index (χ3v) is 6.55. The number of ether oxygens (including phenoxy) is 4. The van der Waals surface area contributed by atoms with Gasteiger partial charge in [-0.25, -0.2) is 4.68 Å². The smallest absolute Gasteiger partial charge is 0.226 e. The van der Waals surface area contributed by atoms with Crippen molar-refractivity contribution in [1.29, 1.82) is 0 Å². The number of rotatable bonds is 6. The number of fused-ring (bicyclic) bond motifs is 3. The van der Waals surface area contributed by atoms with Gasteiger partial charge in [-0.15, -0.1) is 0 Å². The maximum Gasteiger partial charge on any atom is 0.226 e. The van der Waals surface area contributed by atoms with Gasteiger partial charge in [0.15, 0.2) is 17.6 Å².